The second-order valence-corrected chi connectivity index (χ2v) is 6.53. The fourth-order valence-electron chi connectivity index (χ4n) is 2.33. The van der Waals surface area contributed by atoms with Gasteiger partial charge in [-0.15, -0.1) is 0 Å². The summed E-state index contributed by atoms with van der Waals surface area (Å²) in [6.45, 7) is 10.5. The molecule has 0 spiro atoms. The van der Waals surface area contributed by atoms with Crippen molar-refractivity contribution in [2.24, 2.45) is 0 Å². The number of ether oxygens (including phenoxy) is 1. The maximum Gasteiger partial charge on any atom is 0.407 e. The molecule has 122 valence electrons. The van der Waals surface area contributed by atoms with E-state index in [0.29, 0.717) is 19.0 Å². The molecule has 0 aromatic carbocycles. The van der Waals surface area contributed by atoms with Gasteiger partial charge in [0, 0.05) is 32.1 Å². The Balaban J connectivity index is 2.25. The number of likely N-dealkylation sites (tertiary alicyclic amines) is 1. The first-order valence-electron chi connectivity index (χ1n) is 7.67. The highest BCUT2D eigenvalue weighted by Crippen LogP contribution is 2.15. The number of alkyl carbamates (subject to hydrolysis) is 1. The number of carbonyl (C=O) groups excluding carboxylic acids is 2. The molecule has 21 heavy (non-hydrogen) atoms. The molecule has 0 aliphatic carbocycles. The van der Waals surface area contributed by atoms with Gasteiger partial charge in [-0.3, -0.25) is 4.79 Å². The van der Waals surface area contributed by atoms with Crippen LogP contribution < -0.4 is 5.32 Å². The number of amides is 2. The molecule has 1 fully saturated rings. The lowest BCUT2D eigenvalue weighted by molar-refractivity contribution is -0.130. The minimum absolute atomic E-state index is 0.0954. The number of hydrogen-bond donors (Lipinski definition) is 1. The summed E-state index contributed by atoms with van der Waals surface area (Å²) in [7, 11) is 2.09. The van der Waals surface area contributed by atoms with Gasteiger partial charge in [-0.05, 0) is 40.8 Å². The van der Waals surface area contributed by atoms with Crippen LogP contribution in [0.15, 0.2) is 0 Å². The zero-order valence-corrected chi connectivity index (χ0v) is 13.9. The van der Waals surface area contributed by atoms with Gasteiger partial charge in [0.25, 0.3) is 0 Å². The standard InChI is InChI=1S/C15H29N3O3/c1-6-17(5)12-8-10-18(11-12)13(19)7-9-16-14(20)21-15(2,3)4/h12H,6-11H2,1-5H3,(H,16,20)/t12-/m1/s1. The second kappa shape index (κ2) is 7.64. The number of nitrogens with one attached hydrogen (secondary N) is 1. The van der Waals surface area contributed by atoms with Gasteiger partial charge in [-0.25, -0.2) is 4.79 Å². The zero-order chi connectivity index (χ0) is 16.0. The van der Waals surface area contributed by atoms with Crippen LogP contribution in [0.4, 0.5) is 4.79 Å². The van der Waals surface area contributed by atoms with Gasteiger partial charge in [0.05, 0.1) is 0 Å². The van der Waals surface area contributed by atoms with E-state index in [4.69, 9.17) is 4.74 Å². The van der Waals surface area contributed by atoms with E-state index in [9.17, 15) is 9.59 Å². The summed E-state index contributed by atoms with van der Waals surface area (Å²) >= 11 is 0. The third-order valence-corrected chi connectivity index (χ3v) is 3.65. The smallest absolute Gasteiger partial charge is 0.407 e. The van der Waals surface area contributed by atoms with Crippen molar-refractivity contribution in [2.75, 3.05) is 33.2 Å². The molecule has 1 atom stereocenters. The number of hydrogen-bond acceptors (Lipinski definition) is 4. The molecule has 6 nitrogen and oxygen atoms in total. The molecular weight excluding hydrogens is 270 g/mol. The Kier molecular flexibility index (Phi) is 6.45. The molecule has 2 amide bonds. The van der Waals surface area contributed by atoms with Crippen LogP contribution in [-0.2, 0) is 9.53 Å². The average Bonchev–Trinajstić information content (AvgIpc) is 2.85. The van der Waals surface area contributed by atoms with Crippen LogP contribution in [0.3, 0.4) is 0 Å². The Morgan fingerprint density at radius 1 is 1.38 bits per heavy atom. The van der Waals surface area contributed by atoms with Gasteiger partial charge in [0.15, 0.2) is 0 Å². The Hall–Kier alpha value is -1.30. The summed E-state index contributed by atoms with van der Waals surface area (Å²) in [5.41, 5.74) is -0.513. The fraction of sp³-hybridized carbons (Fsp3) is 0.867. The van der Waals surface area contributed by atoms with Crippen molar-refractivity contribution >= 4 is 12.0 Å². The Morgan fingerprint density at radius 3 is 2.62 bits per heavy atom. The highest BCUT2D eigenvalue weighted by Gasteiger charge is 2.27. The summed E-state index contributed by atoms with van der Waals surface area (Å²) in [4.78, 5) is 27.7. The van der Waals surface area contributed by atoms with Gasteiger partial charge in [-0.1, -0.05) is 6.92 Å². The molecule has 1 rings (SSSR count). The molecule has 0 radical (unpaired) electrons. The highest BCUT2D eigenvalue weighted by molar-refractivity contribution is 5.77. The molecule has 6 heteroatoms. The van der Waals surface area contributed by atoms with Crippen molar-refractivity contribution in [3.63, 3.8) is 0 Å². The number of carbonyl (C=O) groups is 2. The predicted octanol–water partition coefficient (Wildman–Crippen LogP) is 1.45. The first-order chi connectivity index (χ1) is 9.73. The molecule has 1 aliphatic rings. The summed E-state index contributed by atoms with van der Waals surface area (Å²) in [6, 6.07) is 0.456. The van der Waals surface area contributed by atoms with Crippen molar-refractivity contribution < 1.29 is 14.3 Å². The number of likely N-dealkylation sites (N-methyl/N-ethyl adjacent to an activating group) is 1. The monoisotopic (exact) mass is 299 g/mol. The van der Waals surface area contributed by atoms with Gasteiger partial charge in [0.1, 0.15) is 5.60 Å². The Morgan fingerprint density at radius 2 is 2.05 bits per heavy atom. The van der Waals surface area contributed by atoms with Crippen molar-refractivity contribution in [1.29, 1.82) is 0 Å². The first-order valence-corrected chi connectivity index (χ1v) is 7.67. The van der Waals surface area contributed by atoms with E-state index in [1.807, 2.05) is 25.7 Å². The third-order valence-electron chi connectivity index (χ3n) is 3.65. The van der Waals surface area contributed by atoms with Crippen LogP contribution in [0.1, 0.15) is 40.5 Å². The Bertz CT molecular complexity index is 366. The molecule has 1 aliphatic heterocycles. The largest absolute Gasteiger partial charge is 0.444 e. The molecule has 0 aromatic heterocycles. The van der Waals surface area contributed by atoms with Crippen LogP contribution in [0.25, 0.3) is 0 Å². The van der Waals surface area contributed by atoms with E-state index in [0.717, 1.165) is 26.1 Å². The van der Waals surface area contributed by atoms with Crippen LogP contribution in [-0.4, -0.2) is 66.7 Å². The molecule has 1 N–H and O–H groups in total. The van der Waals surface area contributed by atoms with E-state index in [1.54, 1.807) is 0 Å². The van der Waals surface area contributed by atoms with E-state index in [1.165, 1.54) is 0 Å². The quantitative estimate of drug-likeness (QED) is 0.835. The summed E-state index contributed by atoms with van der Waals surface area (Å²) in [5.74, 6) is 0.0954. The van der Waals surface area contributed by atoms with E-state index < -0.39 is 11.7 Å². The average molecular weight is 299 g/mol. The first kappa shape index (κ1) is 17.8. The third kappa shape index (κ3) is 6.33. The molecular formula is C15H29N3O3. The summed E-state index contributed by atoms with van der Waals surface area (Å²) in [5, 5.41) is 2.62. The van der Waals surface area contributed by atoms with Gasteiger partial charge >= 0.3 is 6.09 Å². The normalized spacial score (nSPS) is 19.0. The maximum absolute atomic E-state index is 12.1. The molecule has 0 unspecified atom stereocenters. The van der Waals surface area contributed by atoms with Crippen molar-refractivity contribution in [2.45, 2.75) is 52.2 Å². The number of rotatable bonds is 5. The Labute approximate surface area is 127 Å². The van der Waals surface area contributed by atoms with Crippen LogP contribution >= 0.6 is 0 Å². The van der Waals surface area contributed by atoms with Crippen LogP contribution in [0, 0.1) is 0 Å². The van der Waals surface area contributed by atoms with Gasteiger partial charge in [-0.2, -0.15) is 0 Å². The SMILES string of the molecule is CCN(C)[C@@H]1CCN(C(=O)CCNC(=O)OC(C)(C)C)C1. The van der Waals surface area contributed by atoms with E-state index in [-0.39, 0.29) is 5.91 Å². The van der Waals surface area contributed by atoms with Crippen molar-refractivity contribution in [3.8, 4) is 0 Å². The lowest BCUT2D eigenvalue weighted by Crippen LogP contribution is -2.38. The molecule has 1 heterocycles. The number of nitrogens with zero attached hydrogens (tertiary/aromatic N) is 2. The fourth-order valence-corrected chi connectivity index (χ4v) is 2.33. The minimum atomic E-state index is -0.513. The lowest BCUT2D eigenvalue weighted by atomic mass is 10.2. The summed E-state index contributed by atoms with van der Waals surface area (Å²) < 4.78 is 5.13. The molecule has 0 aromatic rings. The summed E-state index contributed by atoms with van der Waals surface area (Å²) in [6.07, 6.45) is 0.873. The zero-order valence-electron chi connectivity index (χ0n) is 13.9. The molecule has 1 saturated heterocycles. The molecule has 0 bridgehead atoms. The molecule has 0 saturated carbocycles. The van der Waals surface area contributed by atoms with Gasteiger partial charge in [0.2, 0.25) is 5.91 Å². The topological polar surface area (TPSA) is 61.9 Å². The van der Waals surface area contributed by atoms with Crippen molar-refractivity contribution in [3.05, 3.63) is 0 Å². The van der Waals surface area contributed by atoms with E-state index in [2.05, 4.69) is 24.2 Å². The highest BCUT2D eigenvalue weighted by atomic mass is 16.6. The minimum Gasteiger partial charge on any atom is -0.444 e. The second-order valence-electron chi connectivity index (χ2n) is 6.53. The lowest BCUT2D eigenvalue weighted by Gasteiger charge is -2.23. The predicted molar refractivity (Wildman–Crippen MR) is 82.1 cm³/mol. The van der Waals surface area contributed by atoms with Crippen LogP contribution in [0.5, 0.6) is 0 Å². The van der Waals surface area contributed by atoms with Crippen molar-refractivity contribution in [1.82, 2.24) is 15.1 Å². The van der Waals surface area contributed by atoms with E-state index >= 15 is 0 Å². The van der Waals surface area contributed by atoms with Gasteiger partial charge < -0.3 is 19.9 Å². The maximum atomic E-state index is 12.1. The van der Waals surface area contributed by atoms with Crippen LogP contribution in [0.2, 0.25) is 0 Å².